The SMILES string of the molecule is C#C/C(C)=C/C=C\CC[C@@H](CC)C1CCC2C3CCC4C[C@@](C)(COCC)CCC4C3CCC21C.CC.CC. The van der Waals surface area contributed by atoms with Crippen molar-refractivity contribution in [3.8, 4) is 12.3 Å². The van der Waals surface area contributed by atoms with Crippen LogP contribution in [0.15, 0.2) is 23.8 Å². The molecule has 0 saturated heterocycles. The molecule has 0 spiro atoms. The van der Waals surface area contributed by atoms with Gasteiger partial charge in [-0.25, -0.2) is 0 Å². The van der Waals surface area contributed by atoms with Crippen molar-refractivity contribution in [1.29, 1.82) is 0 Å². The van der Waals surface area contributed by atoms with E-state index in [0.29, 0.717) is 10.8 Å². The van der Waals surface area contributed by atoms with E-state index in [2.05, 4.69) is 51.8 Å². The number of ether oxygens (including phenoxy) is 1. The summed E-state index contributed by atoms with van der Waals surface area (Å²) >= 11 is 0. The van der Waals surface area contributed by atoms with Gasteiger partial charge in [0.1, 0.15) is 0 Å². The molecule has 4 rings (SSSR count). The fourth-order valence-corrected chi connectivity index (χ4v) is 9.84. The highest BCUT2D eigenvalue weighted by molar-refractivity contribution is 5.26. The van der Waals surface area contributed by atoms with Crippen LogP contribution in [0.2, 0.25) is 0 Å². The van der Waals surface area contributed by atoms with Gasteiger partial charge >= 0.3 is 0 Å². The largest absolute Gasteiger partial charge is 0.381 e. The molecule has 4 saturated carbocycles. The van der Waals surface area contributed by atoms with E-state index in [0.717, 1.165) is 60.2 Å². The number of allylic oxidation sites excluding steroid dienone is 4. The molecule has 4 aliphatic rings. The Kier molecular flexibility index (Phi) is 14.4. The molecule has 7 unspecified atom stereocenters. The third-order valence-electron chi connectivity index (χ3n) is 11.6. The van der Waals surface area contributed by atoms with Crippen LogP contribution in [0.4, 0.5) is 0 Å². The van der Waals surface area contributed by atoms with E-state index < -0.39 is 0 Å². The van der Waals surface area contributed by atoms with Crippen molar-refractivity contribution in [2.75, 3.05) is 13.2 Å². The van der Waals surface area contributed by atoms with Gasteiger partial charge in [0.25, 0.3) is 0 Å². The minimum Gasteiger partial charge on any atom is -0.381 e. The zero-order chi connectivity index (χ0) is 29.1. The summed E-state index contributed by atoms with van der Waals surface area (Å²) in [6, 6.07) is 0. The molecule has 0 aliphatic heterocycles. The molecule has 1 nitrogen and oxygen atoms in total. The quantitative estimate of drug-likeness (QED) is 0.209. The summed E-state index contributed by atoms with van der Waals surface area (Å²) in [7, 11) is 0. The van der Waals surface area contributed by atoms with Gasteiger partial charge in [-0.1, -0.05) is 79.0 Å². The zero-order valence-corrected chi connectivity index (χ0v) is 27.7. The van der Waals surface area contributed by atoms with Gasteiger partial charge in [-0.05, 0) is 142 Å². The number of rotatable bonds is 9. The van der Waals surface area contributed by atoms with Crippen molar-refractivity contribution < 1.29 is 4.74 Å². The van der Waals surface area contributed by atoms with E-state index in [1.54, 1.807) is 0 Å². The van der Waals surface area contributed by atoms with Gasteiger partial charge in [-0.3, -0.25) is 0 Å². The lowest BCUT2D eigenvalue weighted by atomic mass is 9.47. The van der Waals surface area contributed by atoms with E-state index in [4.69, 9.17) is 11.2 Å². The average molecular weight is 539 g/mol. The van der Waals surface area contributed by atoms with Gasteiger partial charge in [0.05, 0.1) is 6.61 Å². The van der Waals surface area contributed by atoms with Gasteiger partial charge in [0.2, 0.25) is 0 Å². The zero-order valence-electron chi connectivity index (χ0n) is 27.7. The molecule has 0 aromatic heterocycles. The van der Waals surface area contributed by atoms with Crippen LogP contribution in [0, 0.1) is 64.6 Å². The maximum Gasteiger partial charge on any atom is 0.0519 e. The third-order valence-corrected chi connectivity index (χ3v) is 11.6. The molecule has 0 aromatic carbocycles. The van der Waals surface area contributed by atoms with Gasteiger partial charge in [0, 0.05) is 6.61 Å². The molecule has 0 heterocycles. The van der Waals surface area contributed by atoms with E-state index >= 15 is 0 Å². The lowest BCUT2D eigenvalue weighted by molar-refractivity contribution is -0.0929. The van der Waals surface area contributed by atoms with Crippen LogP contribution in [0.1, 0.15) is 139 Å². The third kappa shape index (κ3) is 8.06. The second kappa shape index (κ2) is 16.4. The van der Waals surface area contributed by atoms with Crippen molar-refractivity contribution in [2.45, 2.75) is 139 Å². The summed E-state index contributed by atoms with van der Waals surface area (Å²) in [5, 5.41) is 0. The van der Waals surface area contributed by atoms with Gasteiger partial charge < -0.3 is 4.74 Å². The van der Waals surface area contributed by atoms with Crippen molar-refractivity contribution in [3.05, 3.63) is 23.8 Å². The Morgan fingerprint density at radius 1 is 0.949 bits per heavy atom. The molecule has 0 radical (unpaired) electrons. The molecule has 0 amide bonds. The van der Waals surface area contributed by atoms with Crippen LogP contribution in [-0.2, 0) is 4.74 Å². The molecule has 4 fully saturated rings. The summed E-state index contributed by atoms with van der Waals surface area (Å²) in [6.45, 7) is 21.7. The lowest BCUT2D eigenvalue weighted by Crippen LogP contribution is -2.50. The van der Waals surface area contributed by atoms with Gasteiger partial charge in [-0.2, -0.15) is 0 Å². The molecular formula is C38H66O. The topological polar surface area (TPSA) is 9.23 Å². The van der Waals surface area contributed by atoms with Crippen molar-refractivity contribution >= 4 is 0 Å². The normalized spacial score (nSPS) is 38.2. The summed E-state index contributed by atoms with van der Waals surface area (Å²) in [5.41, 5.74) is 2.04. The molecule has 4 aliphatic carbocycles. The first-order chi connectivity index (χ1) is 18.8. The van der Waals surface area contributed by atoms with E-state index in [1.165, 1.54) is 77.0 Å². The lowest BCUT2D eigenvalue weighted by Gasteiger charge is -2.58. The fraction of sp³-hybridized carbons (Fsp3) is 0.842. The number of hydrogen-bond acceptors (Lipinski definition) is 1. The summed E-state index contributed by atoms with van der Waals surface area (Å²) in [4.78, 5) is 0. The smallest absolute Gasteiger partial charge is 0.0519 e. The Morgan fingerprint density at radius 3 is 2.33 bits per heavy atom. The van der Waals surface area contributed by atoms with E-state index in [1.807, 2.05) is 34.6 Å². The molecule has 224 valence electrons. The molecular weight excluding hydrogens is 472 g/mol. The summed E-state index contributed by atoms with van der Waals surface area (Å²) < 4.78 is 5.92. The van der Waals surface area contributed by atoms with E-state index in [9.17, 15) is 0 Å². The maximum atomic E-state index is 5.92. The molecule has 9 atom stereocenters. The monoisotopic (exact) mass is 539 g/mol. The Bertz CT molecular complexity index is 800. The van der Waals surface area contributed by atoms with Crippen molar-refractivity contribution in [2.24, 2.45) is 52.3 Å². The summed E-state index contributed by atoms with van der Waals surface area (Å²) in [5.74, 6) is 9.56. The average Bonchev–Trinajstić information content (AvgIpc) is 3.32. The minimum atomic E-state index is 0.434. The van der Waals surface area contributed by atoms with Crippen LogP contribution in [0.3, 0.4) is 0 Å². The standard InChI is InChI=1S/C34H54O.2C2H6/c1-7-25(4)13-11-10-12-14-26(8-2)31-17-18-32-30-16-15-27-23-33(5,24-35-9-3)21-19-28(27)29(30)20-22-34(31,32)6;2*1-2/h1,10-11,13,26-32H,8-9,12,14-24H2,2-6H3;2*1-2H3/b11-10-,25-13+;;/t26-,27?,28?,29?,30?,31?,32?,33+,34?;;/m1../s1. The maximum absolute atomic E-state index is 5.92. The fourth-order valence-electron chi connectivity index (χ4n) is 9.84. The highest BCUT2D eigenvalue weighted by atomic mass is 16.5. The van der Waals surface area contributed by atoms with Gasteiger partial charge in [-0.15, -0.1) is 6.42 Å². The molecule has 0 bridgehead atoms. The molecule has 1 heteroatoms. The number of terminal acetylenes is 1. The van der Waals surface area contributed by atoms with Crippen molar-refractivity contribution in [3.63, 3.8) is 0 Å². The Morgan fingerprint density at radius 2 is 1.67 bits per heavy atom. The predicted molar refractivity (Wildman–Crippen MR) is 173 cm³/mol. The second-order valence-corrected chi connectivity index (χ2v) is 13.5. The summed E-state index contributed by atoms with van der Waals surface area (Å²) in [6.07, 6.45) is 29.3. The minimum absolute atomic E-state index is 0.434. The van der Waals surface area contributed by atoms with Crippen LogP contribution >= 0.6 is 0 Å². The van der Waals surface area contributed by atoms with Crippen LogP contribution in [0.25, 0.3) is 0 Å². The second-order valence-electron chi connectivity index (χ2n) is 13.5. The number of hydrogen-bond donors (Lipinski definition) is 0. The van der Waals surface area contributed by atoms with Crippen LogP contribution in [0.5, 0.6) is 0 Å². The highest BCUT2D eigenvalue weighted by Gasteiger charge is 2.58. The van der Waals surface area contributed by atoms with E-state index in [-0.39, 0.29) is 0 Å². The molecule has 0 N–H and O–H groups in total. The highest BCUT2D eigenvalue weighted by Crippen LogP contribution is 2.66. The Labute approximate surface area is 245 Å². The first kappa shape index (κ1) is 34.2. The number of fused-ring (bicyclic) bond motifs is 5. The molecule has 39 heavy (non-hydrogen) atoms. The Hall–Kier alpha value is -1.00. The van der Waals surface area contributed by atoms with Crippen molar-refractivity contribution in [1.82, 2.24) is 0 Å². The first-order valence-electron chi connectivity index (χ1n) is 17.2. The van der Waals surface area contributed by atoms with Crippen LogP contribution < -0.4 is 0 Å². The predicted octanol–water partition coefficient (Wildman–Crippen LogP) is 11.3. The first-order valence-corrected chi connectivity index (χ1v) is 17.2. The van der Waals surface area contributed by atoms with Crippen LogP contribution in [-0.4, -0.2) is 13.2 Å². The van der Waals surface area contributed by atoms with Gasteiger partial charge in [0.15, 0.2) is 0 Å². The molecule has 0 aromatic rings. The Balaban J connectivity index is 0.00000127.